The van der Waals surface area contributed by atoms with Crippen molar-refractivity contribution in [2.75, 3.05) is 30.6 Å². The van der Waals surface area contributed by atoms with Crippen molar-refractivity contribution in [3.05, 3.63) is 29.6 Å². The zero-order valence-electron chi connectivity index (χ0n) is 13.5. The summed E-state index contributed by atoms with van der Waals surface area (Å²) in [6.07, 6.45) is 4.12. The Bertz CT molecular complexity index is 664. The van der Waals surface area contributed by atoms with Gasteiger partial charge in [-0.15, -0.1) is 12.4 Å². The minimum atomic E-state index is -3.60. The van der Waals surface area contributed by atoms with Gasteiger partial charge in [-0.25, -0.2) is 12.8 Å². The third kappa shape index (κ3) is 6.62. The number of piperidine rings is 1. The summed E-state index contributed by atoms with van der Waals surface area (Å²) in [6, 6.07) is 3.61. The molecule has 9 heteroatoms. The fourth-order valence-corrected chi connectivity index (χ4v) is 3.16. The van der Waals surface area contributed by atoms with E-state index < -0.39 is 15.8 Å². The van der Waals surface area contributed by atoms with Crippen LogP contribution in [-0.2, 0) is 10.0 Å². The minimum absolute atomic E-state index is 0. The maximum atomic E-state index is 13.6. The number of amides is 1. The monoisotopic (exact) mass is 379 g/mol. The molecule has 1 amide bonds. The van der Waals surface area contributed by atoms with Crippen LogP contribution in [0.3, 0.4) is 0 Å². The van der Waals surface area contributed by atoms with Gasteiger partial charge >= 0.3 is 0 Å². The van der Waals surface area contributed by atoms with Crippen molar-refractivity contribution >= 4 is 34.0 Å². The first-order valence-electron chi connectivity index (χ1n) is 7.61. The number of sulfonamides is 1. The maximum absolute atomic E-state index is 13.6. The summed E-state index contributed by atoms with van der Waals surface area (Å²) in [5.74, 6) is -0.509. The molecule has 1 aromatic rings. The van der Waals surface area contributed by atoms with E-state index in [9.17, 15) is 17.6 Å². The van der Waals surface area contributed by atoms with Gasteiger partial charge in [-0.05, 0) is 56.5 Å². The Balaban J connectivity index is 0.00000288. The van der Waals surface area contributed by atoms with E-state index in [0.29, 0.717) is 12.5 Å². The number of halogens is 2. The number of hydrogen-bond acceptors (Lipinski definition) is 4. The average Bonchev–Trinajstić information content (AvgIpc) is 2.49. The molecule has 0 bridgehead atoms. The molecule has 2 rings (SSSR count). The maximum Gasteiger partial charge on any atom is 0.251 e. The van der Waals surface area contributed by atoms with E-state index in [4.69, 9.17) is 0 Å². The van der Waals surface area contributed by atoms with Crippen LogP contribution in [0, 0.1) is 11.7 Å². The lowest BCUT2D eigenvalue weighted by molar-refractivity contribution is 0.0950. The molecule has 0 radical (unpaired) electrons. The SMILES string of the molecule is CS(=O)(=O)Nc1cc(C(=O)NCCC2CCCNC2)ccc1F.Cl. The van der Waals surface area contributed by atoms with E-state index in [-0.39, 0.29) is 29.6 Å². The molecule has 1 atom stereocenters. The van der Waals surface area contributed by atoms with E-state index in [2.05, 4.69) is 15.4 Å². The van der Waals surface area contributed by atoms with Gasteiger partial charge in [0.25, 0.3) is 5.91 Å². The molecule has 1 heterocycles. The Morgan fingerprint density at radius 3 is 2.79 bits per heavy atom. The van der Waals surface area contributed by atoms with Gasteiger partial charge in [-0.3, -0.25) is 9.52 Å². The summed E-state index contributed by atoms with van der Waals surface area (Å²) in [6.45, 7) is 2.56. The number of hydrogen-bond donors (Lipinski definition) is 3. The Morgan fingerprint density at radius 1 is 1.42 bits per heavy atom. The molecule has 0 aromatic heterocycles. The Morgan fingerprint density at radius 2 is 2.17 bits per heavy atom. The van der Waals surface area contributed by atoms with Gasteiger partial charge in [0.2, 0.25) is 10.0 Å². The molecule has 136 valence electrons. The Hall–Kier alpha value is -1.38. The normalized spacial score (nSPS) is 17.7. The van der Waals surface area contributed by atoms with Gasteiger partial charge in [0.1, 0.15) is 5.82 Å². The van der Waals surface area contributed by atoms with Gasteiger partial charge in [-0.1, -0.05) is 0 Å². The van der Waals surface area contributed by atoms with Crippen LogP contribution in [0.4, 0.5) is 10.1 Å². The highest BCUT2D eigenvalue weighted by Gasteiger charge is 2.15. The molecule has 1 fully saturated rings. The lowest BCUT2D eigenvalue weighted by Gasteiger charge is -2.22. The van der Waals surface area contributed by atoms with Crippen LogP contribution >= 0.6 is 12.4 Å². The predicted molar refractivity (Wildman–Crippen MR) is 94.7 cm³/mol. The summed E-state index contributed by atoms with van der Waals surface area (Å²) < 4.78 is 38.0. The van der Waals surface area contributed by atoms with Crippen molar-refractivity contribution in [1.29, 1.82) is 0 Å². The number of benzene rings is 1. The van der Waals surface area contributed by atoms with Crippen LogP contribution in [0.25, 0.3) is 0 Å². The molecule has 1 unspecified atom stereocenters. The highest BCUT2D eigenvalue weighted by molar-refractivity contribution is 7.92. The Labute approximate surface area is 148 Å². The molecular weight excluding hydrogens is 357 g/mol. The van der Waals surface area contributed by atoms with E-state index in [1.165, 1.54) is 12.1 Å². The molecule has 1 saturated heterocycles. The van der Waals surface area contributed by atoms with Gasteiger partial charge in [0, 0.05) is 12.1 Å². The first-order valence-corrected chi connectivity index (χ1v) is 9.50. The van der Waals surface area contributed by atoms with Crippen LogP contribution in [0.1, 0.15) is 29.6 Å². The number of carbonyl (C=O) groups excluding carboxylic acids is 1. The highest BCUT2D eigenvalue weighted by atomic mass is 35.5. The largest absolute Gasteiger partial charge is 0.352 e. The van der Waals surface area contributed by atoms with Crippen LogP contribution in [0.5, 0.6) is 0 Å². The molecule has 0 spiro atoms. The lowest BCUT2D eigenvalue weighted by Crippen LogP contribution is -2.33. The molecule has 0 aliphatic carbocycles. The molecule has 24 heavy (non-hydrogen) atoms. The number of nitrogens with one attached hydrogen (secondary N) is 3. The average molecular weight is 380 g/mol. The summed E-state index contributed by atoms with van der Waals surface area (Å²) in [7, 11) is -3.60. The number of carbonyl (C=O) groups is 1. The zero-order valence-corrected chi connectivity index (χ0v) is 15.1. The van der Waals surface area contributed by atoms with Crippen LogP contribution in [-0.4, -0.2) is 40.2 Å². The number of anilines is 1. The Kier molecular flexibility index (Phi) is 7.92. The second kappa shape index (κ2) is 9.19. The fourth-order valence-electron chi connectivity index (χ4n) is 2.61. The van der Waals surface area contributed by atoms with Gasteiger partial charge in [0.05, 0.1) is 11.9 Å². The van der Waals surface area contributed by atoms with Crippen LogP contribution in [0.15, 0.2) is 18.2 Å². The van der Waals surface area contributed by atoms with Gasteiger partial charge < -0.3 is 10.6 Å². The summed E-state index contributed by atoms with van der Waals surface area (Å²) in [5.41, 5.74) is -0.00375. The van der Waals surface area contributed by atoms with Crippen LogP contribution in [0.2, 0.25) is 0 Å². The predicted octanol–water partition coefficient (Wildman–Crippen LogP) is 1.74. The van der Waals surface area contributed by atoms with Crippen molar-refractivity contribution in [3.8, 4) is 0 Å². The lowest BCUT2D eigenvalue weighted by atomic mass is 9.96. The molecule has 6 nitrogen and oxygen atoms in total. The van der Waals surface area contributed by atoms with Crippen molar-refractivity contribution in [2.45, 2.75) is 19.3 Å². The van der Waals surface area contributed by atoms with Crippen molar-refractivity contribution in [1.82, 2.24) is 10.6 Å². The minimum Gasteiger partial charge on any atom is -0.352 e. The third-order valence-corrected chi connectivity index (χ3v) is 4.35. The second-order valence-corrected chi connectivity index (χ2v) is 7.57. The molecule has 1 aliphatic rings. The van der Waals surface area contributed by atoms with E-state index in [1.54, 1.807) is 0 Å². The summed E-state index contributed by atoms with van der Waals surface area (Å²) in [5, 5.41) is 6.11. The molecule has 1 aliphatic heterocycles. The topological polar surface area (TPSA) is 87.3 Å². The standard InChI is InChI=1S/C15H22FN3O3S.ClH/c1-23(21,22)19-14-9-12(4-5-13(14)16)15(20)18-8-6-11-3-2-7-17-10-11;/h4-5,9,11,17,19H,2-3,6-8,10H2,1H3,(H,18,20);1H. The van der Waals surface area contributed by atoms with Crippen molar-refractivity contribution < 1.29 is 17.6 Å². The molecule has 3 N–H and O–H groups in total. The van der Waals surface area contributed by atoms with E-state index in [0.717, 1.165) is 44.7 Å². The fraction of sp³-hybridized carbons (Fsp3) is 0.533. The van der Waals surface area contributed by atoms with Crippen LogP contribution < -0.4 is 15.4 Å². The first kappa shape index (κ1) is 20.7. The molecule has 0 saturated carbocycles. The molecule has 1 aromatic carbocycles. The van der Waals surface area contributed by atoms with Gasteiger partial charge in [-0.2, -0.15) is 0 Å². The molecular formula is C15H23ClFN3O3S. The first-order chi connectivity index (χ1) is 10.8. The second-order valence-electron chi connectivity index (χ2n) is 5.83. The van der Waals surface area contributed by atoms with E-state index >= 15 is 0 Å². The smallest absolute Gasteiger partial charge is 0.251 e. The van der Waals surface area contributed by atoms with Crippen molar-refractivity contribution in [3.63, 3.8) is 0 Å². The van der Waals surface area contributed by atoms with E-state index in [1.807, 2.05) is 0 Å². The summed E-state index contributed by atoms with van der Waals surface area (Å²) in [4.78, 5) is 12.1. The van der Waals surface area contributed by atoms with Gasteiger partial charge in [0.15, 0.2) is 0 Å². The number of rotatable bonds is 6. The quantitative estimate of drug-likeness (QED) is 0.702. The highest BCUT2D eigenvalue weighted by Crippen LogP contribution is 2.17. The summed E-state index contributed by atoms with van der Waals surface area (Å²) >= 11 is 0. The zero-order chi connectivity index (χ0) is 16.9. The van der Waals surface area contributed by atoms with Crippen molar-refractivity contribution in [2.24, 2.45) is 5.92 Å². The third-order valence-electron chi connectivity index (χ3n) is 3.76.